The van der Waals surface area contributed by atoms with Gasteiger partial charge in [0.1, 0.15) is 18.5 Å². The first-order chi connectivity index (χ1) is 15.9. The van der Waals surface area contributed by atoms with E-state index in [2.05, 4.69) is 10.6 Å². The fourth-order valence-electron chi connectivity index (χ4n) is 3.44. The molecule has 33 heavy (non-hydrogen) atoms. The largest absolute Gasteiger partial charge is 0.491 e. The second-order valence-corrected chi connectivity index (χ2v) is 7.34. The van der Waals surface area contributed by atoms with E-state index in [0.29, 0.717) is 33.9 Å². The van der Waals surface area contributed by atoms with E-state index in [-0.39, 0.29) is 24.0 Å². The molecule has 4 rings (SSSR count). The lowest BCUT2D eigenvalue weighted by Gasteiger charge is -2.14. The Bertz CT molecular complexity index is 1230. The maximum atomic E-state index is 12.7. The first-order valence-corrected chi connectivity index (χ1v) is 10.0. The highest BCUT2D eigenvalue weighted by Gasteiger charge is 2.21. The number of aliphatic hydroxyl groups excluding tert-OH is 2. The smallest absolute Gasteiger partial charge is 0.310 e. The molecule has 0 bridgehead atoms. The SMILES string of the molecule is COc1cc(-c2ccc3c(c2)Nc2cc(OCC(O)CO)ccc2NC3=O)ccc1[N+](=O)[O-]. The minimum atomic E-state index is -1.00. The van der Waals surface area contributed by atoms with Crippen molar-refractivity contribution in [1.82, 2.24) is 0 Å². The number of ether oxygens (including phenoxy) is 2. The number of nitro groups is 1. The molecule has 3 aromatic rings. The molecule has 0 aliphatic carbocycles. The molecular formula is C23H21N3O7. The predicted molar refractivity (Wildman–Crippen MR) is 121 cm³/mol. The number of nitro benzene ring substituents is 1. The van der Waals surface area contributed by atoms with E-state index in [9.17, 15) is 20.0 Å². The number of carbonyl (C=O) groups excluding carboxylic acids is 1. The van der Waals surface area contributed by atoms with Crippen molar-refractivity contribution in [3.05, 3.63) is 70.3 Å². The van der Waals surface area contributed by atoms with Crippen LogP contribution >= 0.6 is 0 Å². The summed E-state index contributed by atoms with van der Waals surface area (Å²) in [5.41, 5.74) is 3.35. The summed E-state index contributed by atoms with van der Waals surface area (Å²) in [7, 11) is 1.37. The molecule has 0 spiro atoms. The quantitative estimate of drug-likeness (QED) is 0.316. The third kappa shape index (κ3) is 4.56. The predicted octanol–water partition coefficient (Wildman–Crippen LogP) is 3.31. The Hall–Kier alpha value is -4.15. The van der Waals surface area contributed by atoms with Gasteiger partial charge in [0.2, 0.25) is 0 Å². The van der Waals surface area contributed by atoms with Crippen LogP contribution in [0.4, 0.5) is 22.7 Å². The first kappa shape index (κ1) is 22.1. The van der Waals surface area contributed by atoms with Gasteiger partial charge in [-0.1, -0.05) is 6.07 Å². The van der Waals surface area contributed by atoms with Gasteiger partial charge in [0.15, 0.2) is 5.75 Å². The molecule has 0 radical (unpaired) electrons. The van der Waals surface area contributed by atoms with Crippen molar-refractivity contribution >= 4 is 28.7 Å². The lowest BCUT2D eigenvalue weighted by atomic mass is 10.0. The zero-order chi connectivity index (χ0) is 23.5. The van der Waals surface area contributed by atoms with Crippen LogP contribution in [0.15, 0.2) is 54.6 Å². The minimum absolute atomic E-state index is 0.0790. The number of anilines is 3. The molecular weight excluding hydrogens is 430 g/mol. The summed E-state index contributed by atoms with van der Waals surface area (Å²) in [4.78, 5) is 23.4. The Balaban J connectivity index is 1.68. The Morgan fingerprint density at radius 2 is 1.76 bits per heavy atom. The second kappa shape index (κ2) is 9.15. The van der Waals surface area contributed by atoms with Gasteiger partial charge in [-0.15, -0.1) is 0 Å². The highest BCUT2D eigenvalue weighted by atomic mass is 16.6. The first-order valence-electron chi connectivity index (χ1n) is 10.0. The molecule has 1 atom stereocenters. The van der Waals surface area contributed by atoms with Crippen LogP contribution in [0.1, 0.15) is 10.4 Å². The summed E-state index contributed by atoms with van der Waals surface area (Å²) >= 11 is 0. The highest BCUT2D eigenvalue weighted by molar-refractivity contribution is 6.12. The van der Waals surface area contributed by atoms with Gasteiger partial charge in [-0.25, -0.2) is 0 Å². The molecule has 170 valence electrons. The molecule has 3 aromatic carbocycles. The van der Waals surface area contributed by atoms with Gasteiger partial charge in [0, 0.05) is 12.1 Å². The molecule has 1 amide bonds. The molecule has 1 unspecified atom stereocenters. The summed E-state index contributed by atoms with van der Waals surface area (Å²) < 4.78 is 10.7. The van der Waals surface area contributed by atoms with Crippen molar-refractivity contribution in [2.75, 3.05) is 31.0 Å². The maximum absolute atomic E-state index is 12.7. The van der Waals surface area contributed by atoms with E-state index in [1.807, 2.05) is 0 Å². The van der Waals surface area contributed by atoms with Crippen LogP contribution in [0.25, 0.3) is 11.1 Å². The van der Waals surface area contributed by atoms with E-state index in [4.69, 9.17) is 14.6 Å². The zero-order valence-electron chi connectivity index (χ0n) is 17.6. The second-order valence-electron chi connectivity index (χ2n) is 7.34. The summed E-state index contributed by atoms with van der Waals surface area (Å²) in [5, 5.41) is 35.7. The summed E-state index contributed by atoms with van der Waals surface area (Å²) in [6.45, 7) is -0.493. The van der Waals surface area contributed by atoms with Gasteiger partial charge in [-0.2, -0.15) is 0 Å². The molecule has 4 N–H and O–H groups in total. The molecule has 0 aromatic heterocycles. The number of amides is 1. The Kier molecular flexibility index (Phi) is 6.11. The van der Waals surface area contributed by atoms with Crippen LogP contribution in [0.2, 0.25) is 0 Å². The molecule has 10 heteroatoms. The Morgan fingerprint density at radius 1 is 1.00 bits per heavy atom. The van der Waals surface area contributed by atoms with E-state index in [0.717, 1.165) is 5.56 Å². The average molecular weight is 451 g/mol. The van der Waals surface area contributed by atoms with Crippen molar-refractivity contribution in [2.24, 2.45) is 0 Å². The lowest BCUT2D eigenvalue weighted by Crippen LogP contribution is -2.21. The summed E-state index contributed by atoms with van der Waals surface area (Å²) in [6, 6.07) is 14.8. The third-order valence-electron chi connectivity index (χ3n) is 5.14. The molecule has 0 saturated carbocycles. The molecule has 1 aliphatic heterocycles. The molecule has 1 aliphatic rings. The fourth-order valence-corrected chi connectivity index (χ4v) is 3.44. The standard InChI is InChI=1S/C23H21N3O7/c1-32-22-9-14(3-7-21(22)26(30)31)13-2-5-17-19(8-13)24-20-10-16(33-12-15(28)11-27)4-6-18(20)25-23(17)29/h2-10,15,24,27-28H,11-12H2,1H3,(H,25,29). The third-order valence-corrected chi connectivity index (χ3v) is 5.14. The Labute approximate surface area is 188 Å². The number of methoxy groups -OCH3 is 1. The fraction of sp³-hybridized carbons (Fsp3) is 0.174. The molecule has 0 fully saturated rings. The number of nitrogens with zero attached hydrogens (tertiary/aromatic N) is 1. The number of hydrogen-bond acceptors (Lipinski definition) is 8. The van der Waals surface area contributed by atoms with Crippen molar-refractivity contribution in [3.8, 4) is 22.6 Å². The minimum Gasteiger partial charge on any atom is -0.491 e. The number of rotatable bonds is 7. The number of benzene rings is 3. The molecule has 0 saturated heterocycles. The van der Waals surface area contributed by atoms with Crippen LogP contribution in [-0.2, 0) is 0 Å². The van der Waals surface area contributed by atoms with E-state index in [1.54, 1.807) is 48.5 Å². The van der Waals surface area contributed by atoms with Gasteiger partial charge >= 0.3 is 5.69 Å². The van der Waals surface area contributed by atoms with Crippen LogP contribution in [0.3, 0.4) is 0 Å². The van der Waals surface area contributed by atoms with Crippen molar-refractivity contribution < 1.29 is 29.4 Å². The van der Waals surface area contributed by atoms with Crippen molar-refractivity contribution in [3.63, 3.8) is 0 Å². The number of hydrogen-bond donors (Lipinski definition) is 4. The van der Waals surface area contributed by atoms with Gasteiger partial charge in [-0.05, 0) is 47.5 Å². The van der Waals surface area contributed by atoms with Crippen LogP contribution in [-0.4, -0.2) is 47.5 Å². The Morgan fingerprint density at radius 3 is 2.48 bits per heavy atom. The lowest BCUT2D eigenvalue weighted by molar-refractivity contribution is -0.385. The van der Waals surface area contributed by atoms with Gasteiger partial charge in [0.05, 0.1) is 41.3 Å². The van der Waals surface area contributed by atoms with Crippen LogP contribution in [0, 0.1) is 10.1 Å². The topological polar surface area (TPSA) is 143 Å². The monoisotopic (exact) mass is 451 g/mol. The van der Waals surface area contributed by atoms with Crippen molar-refractivity contribution in [1.29, 1.82) is 0 Å². The van der Waals surface area contributed by atoms with E-state index < -0.39 is 17.6 Å². The average Bonchev–Trinajstić information content (AvgIpc) is 2.96. The van der Waals surface area contributed by atoms with Crippen molar-refractivity contribution in [2.45, 2.75) is 6.10 Å². The highest BCUT2D eigenvalue weighted by Crippen LogP contribution is 2.38. The number of fused-ring (bicyclic) bond motifs is 2. The molecule has 1 heterocycles. The normalized spacial score (nSPS) is 13.0. The number of carbonyl (C=O) groups is 1. The number of nitrogens with one attached hydrogen (secondary N) is 2. The summed E-state index contributed by atoms with van der Waals surface area (Å²) in [6.07, 6.45) is -1.00. The van der Waals surface area contributed by atoms with E-state index >= 15 is 0 Å². The van der Waals surface area contributed by atoms with Gasteiger partial charge in [-0.3, -0.25) is 14.9 Å². The zero-order valence-corrected chi connectivity index (χ0v) is 17.6. The van der Waals surface area contributed by atoms with Gasteiger partial charge < -0.3 is 30.3 Å². The summed E-state index contributed by atoms with van der Waals surface area (Å²) in [5.74, 6) is 0.284. The van der Waals surface area contributed by atoms with Crippen LogP contribution < -0.4 is 20.1 Å². The molecule has 10 nitrogen and oxygen atoms in total. The number of aliphatic hydroxyl groups is 2. The van der Waals surface area contributed by atoms with Crippen LogP contribution in [0.5, 0.6) is 11.5 Å². The maximum Gasteiger partial charge on any atom is 0.310 e. The van der Waals surface area contributed by atoms with Gasteiger partial charge in [0.25, 0.3) is 5.91 Å². The van der Waals surface area contributed by atoms with E-state index in [1.165, 1.54) is 13.2 Å².